The molecule has 0 aromatic heterocycles. The Morgan fingerprint density at radius 2 is 2.16 bits per heavy atom. The average Bonchev–Trinajstić information content (AvgIpc) is 2.75. The molecule has 1 aliphatic heterocycles. The predicted molar refractivity (Wildman–Crippen MR) is 83.2 cm³/mol. The van der Waals surface area contributed by atoms with Crippen LogP contribution in [0.4, 0.5) is 0 Å². The minimum Gasteiger partial charge on any atom is -0.352 e. The van der Waals surface area contributed by atoms with E-state index in [2.05, 4.69) is 26.6 Å². The summed E-state index contributed by atoms with van der Waals surface area (Å²) in [7, 11) is 0. The van der Waals surface area contributed by atoms with Crippen molar-refractivity contribution in [3.63, 3.8) is 0 Å². The molecule has 0 aliphatic carbocycles. The smallest absolute Gasteiger partial charge is 0.258 e. The number of nitrogens with one attached hydrogen (secondary N) is 2. The molecule has 1 unspecified atom stereocenters. The number of thiocarbonyl (C=S) groups is 1. The summed E-state index contributed by atoms with van der Waals surface area (Å²) < 4.78 is 0.697. The van der Waals surface area contributed by atoms with Crippen molar-refractivity contribution in [2.45, 2.75) is 12.5 Å². The first-order valence-corrected chi connectivity index (χ1v) is 7.79. The van der Waals surface area contributed by atoms with Gasteiger partial charge in [-0.2, -0.15) is 0 Å². The van der Waals surface area contributed by atoms with Gasteiger partial charge >= 0.3 is 0 Å². The zero-order valence-electron chi connectivity index (χ0n) is 9.81. The quantitative estimate of drug-likeness (QED) is 0.792. The van der Waals surface area contributed by atoms with Gasteiger partial charge in [-0.15, -0.1) is 0 Å². The van der Waals surface area contributed by atoms with Gasteiger partial charge in [0.15, 0.2) is 5.11 Å². The number of benzene rings is 1. The van der Waals surface area contributed by atoms with Gasteiger partial charge in [-0.3, -0.25) is 14.9 Å². The van der Waals surface area contributed by atoms with Crippen molar-refractivity contribution in [1.82, 2.24) is 10.6 Å². The standard InChI is InChI=1S/C12H11BrN2O2S2/c13-8-4-2-1-3-7(8)10(16)15-12(18)14-9-5-6-19-11(9)17/h1-4,9H,5-6H2,(H2,14,15,16,18). The first-order chi connectivity index (χ1) is 9.08. The van der Waals surface area contributed by atoms with Crippen LogP contribution in [0.1, 0.15) is 16.8 Å². The fraction of sp³-hybridized carbons (Fsp3) is 0.250. The molecule has 7 heteroatoms. The lowest BCUT2D eigenvalue weighted by Gasteiger charge is -2.13. The zero-order valence-corrected chi connectivity index (χ0v) is 13.0. The molecule has 1 aromatic rings. The van der Waals surface area contributed by atoms with Crippen LogP contribution < -0.4 is 10.6 Å². The Kier molecular flexibility index (Phi) is 4.95. The highest BCUT2D eigenvalue weighted by atomic mass is 79.9. The summed E-state index contributed by atoms with van der Waals surface area (Å²) in [6.07, 6.45) is 0.731. The first kappa shape index (κ1) is 14.5. The molecule has 0 radical (unpaired) electrons. The van der Waals surface area contributed by atoms with E-state index >= 15 is 0 Å². The van der Waals surface area contributed by atoms with Crippen molar-refractivity contribution in [1.29, 1.82) is 0 Å². The second-order valence-electron chi connectivity index (χ2n) is 3.92. The SMILES string of the molecule is O=C(NC(=S)NC1CCSC1=O)c1ccccc1Br. The highest BCUT2D eigenvalue weighted by Crippen LogP contribution is 2.19. The summed E-state index contributed by atoms with van der Waals surface area (Å²) in [6.45, 7) is 0. The van der Waals surface area contributed by atoms with E-state index in [1.807, 2.05) is 6.07 Å². The average molecular weight is 359 g/mol. The van der Waals surface area contributed by atoms with Crippen LogP contribution in [-0.4, -0.2) is 27.9 Å². The van der Waals surface area contributed by atoms with Crippen LogP contribution in [-0.2, 0) is 4.79 Å². The molecule has 19 heavy (non-hydrogen) atoms. The van der Waals surface area contributed by atoms with Gasteiger partial charge in [0.25, 0.3) is 5.91 Å². The largest absolute Gasteiger partial charge is 0.352 e. The monoisotopic (exact) mass is 358 g/mol. The minimum absolute atomic E-state index is 0.0671. The van der Waals surface area contributed by atoms with E-state index < -0.39 is 0 Å². The second kappa shape index (κ2) is 6.49. The molecule has 4 nitrogen and oxygen atoms in total. The van der Waals surface area contributed by atoms with E-state index in [1.54, 1.807) is 18.2 Å². The third kappa shape index (κ3) is 3.77. The Labute approximate surface area is 128 Å². The van der Waals surface area contributed by atoms with E-state index in [0.717, 1.165) is 12.2 Å². The Hall–Kier alpha value is -0.920. The summed E-state index contributed by atoms with van der Waals surface area (Å²) in [5, 5.41) is 5.69. The number of amides is 1. The van der Waals surface area contributed by atoms with Gasteiger partial charge in [-0.05, 0) is 46.7 Å². The summed E-state index contributed by atoms with van der Waals surface area (Å²) in [4.78, 5) is 23.4. The molecule has 1 amide bonds. The van der Waals surface area contributed by atoms with Crippen molar-refractivity contribution in [3.8, 4) is 0 Å². The Morgan fingerprint density at radius 3 is 2.79 bits per heavy atom. The summed E-state index contributed by atoms with van der Waals surface area (Å²) in [5.41, 5.74) is 0.499. The predicted octanol–water partition coefficient (Wildman–Crippen LogP) is 2.09. The molecule has 1 atom stereocenters. The van der Waals surface area contributed by atoms with Crippen LogP contribution >= 0.6 is 39.9 Å². The molecule has 2 N–H and O–H groups in total. The molecule has 0 saturated carbocycles. The molecule has 1 saturated heterocycles. The highest BCUT2D eigenvalue weighted by Gasteiger charge is 2.26. The zero-order chi connectivity index (χ0) is 13.8. The van der Waals surface area contributed by atoms with E-state index in [0.29, 0.717) is 10.0 Å². The number of hydrogen-bond donors (Lipinski definition) is 2. The number of halogens is 1. The number of thioether (sulfide) groups is 1. The fourth-order valence-electron chi connectivity index (χ4n) is 1.64. The van der Waals surface area contributed by atoms with Crippen molar-refractivity contribution in [2.75, 3.05) is 5.75 Å². The summed E-state index contributed by atoms with van der Waals surface area (Å²) >= 11 is 9.63. The van der Waals surface area contributed by atoms with Gasteiger partial charge in [0.05, 0.1) is 11.6 Å². The van der Waals surface area contributed by atoms with Crippen LogP contribution in [0.2, 0.25) is 0 Å². The molecular formula is C12H11BrN2O2S2. The van der Waals surface area contributed by atoms with Crippen LogP contribution in [0, 0.1) is 0 Å². The Bertz CT molecular complexity index is 536. The lowest BCUT2D eigenvalue weighted by Crippen LogP contribution is -2.45. The number of carbonyl (C=O) groups excluding carboxylic acids is 2. The lowest BCUT2D eigenvalue weighted by molar-refractivity contribution is -0.111. The van der Waals surface area contributed by atoms with E-state index in [1.165, 1.54) is 11.8 Å². The van der Waals surface area contributed by atoms with Crippen LogP contribution in [0.5, 0.6) is 0 Å². The van der Waals surface area contributed by atoms with Crippen LogP contribution in [0.3, 0.4) is 0 Å². The summed E-state index contributed by atoms with van der Waals surface area (Å²) in [5.74, 6) is 0.486. The van der Waals surface area contributed by atoms with Crippen LogP contribution in [0.25, 0.3) is 0 Å². The normalized spacial score (nSPS) is 18.2. The Morgan fingerprint density at radius 1 is 1.42 bits per heavy atom. The number of rotatable bonds is 2. The maximum absolute atomic E-state index is 12.0. The molecule has 100 valence electrons. The van der Waals surface area contributed by atoms with Crippen molar-refractivity contribution in [2.24, 2.45) is 0 Å². The van der Waals surface area contributed by atoms with Gasteiger partial charge < -0.3 is 5.32 Å². The fourth-order valence-corrected chi connectivity index (χ4v) is 3.27. The van der Waals surface area contributed by atoms with Crippen LogP contribution in [0.15, 0.2) is 28.7 Å². The van der Waals surface area contributed by atoms with E-state index in [9.17, 15) is 9.59 Å². The van der Waals surface area contributed by atoms with E-state index in [-0.39, 0.29) is 22.2 Å². The van der Waals surface area contributed by atoms with Gasteiger partial charge in [0.2, 0.25) is 5.12 Å². The summed E-state index contributed by atoms with van der Waals surface area (Å²) in [6, 6.07) is 6.78. The van der Waals surface area contributed by atoms with Crippen molar-refractivity contribution in [3.05, 3.63) is 34.3 Å². The van der Waals surface area contributed by atoms with Gasteiger partial charge in [-0.1, -0.05) is 23.9 Å². The molecule has 2 rings (SSSR count). The third-order valence-electron chi connectivity index (χ3n) is 2.59. The topological polar surface area (TPSA) is 58.2 Å². The molecule has 0 bridgehead atoms. The highest BCUT2D eigenvalue weighted by molar-refractivity contribution is 9.10. The van der Waals surface area contributed by atoms with Gasteiger partial charge in [-0.25, -0.2) is 0 Å². The van der Waals surface area contributed by atoms with Crippen molar-refractivity contribution >= 4 is 56.0 Å². The Balaban J connectivity index is 1.94. The maximum atomic E-state index is 12.0. The molecule has 0 spiro atoms. The van der Waals surface area contributed by atoms with Gasteiger partial charge in [0.1, 0.15) is 0 Å². The second-order valence-corrected chi connectivity index (χ2v) is 6.28. The molecule has 1 fully saturated rings. The molecule has 1 aliphatic rings. The first-order valence-electron chi connectivity index (χ1n) is 5.61. The number of carbonyl (C=O) groups is 2. The van der Waals surface area contributed by atoms with Gasteiger partial charge in [0, 0.05) is 10.2 Å². The molecule has 1 aromatic carbocycles. The van der Waals surface area contributed by atoms with Crippen molar-refractivity contribution < 1.29 is 9.59 Å². The minimum atomic E-state index is -0.303. The lowest BCUT2D eigenvalue weighted by atomic mass is 10.2. The van der Waals surface area contributed by atoms with E-state index in [4.69, 9.17) is 12.2 Å². The third-order valence-corrected chi connectivity index (χ3v) is 4.51. The number of hydrogen-bond acceptors (Lipinski definition) is 4. The molecule has 1 heterocycles. The molecular weight excluding hydrogens is 348 g/mol. The maximum Gasteiger partial charge on any atom is 0.258 e.